The summed E-state index contributed by atoms with van der Waals surface area (Å²) < 4.78 is 33.4. The van der Waals surface area contributed by atoms with Crippen LogP contribution in [0.25, 0.3) is 0 Å². The molecule has 6 heteroatoms. The molecule has 3 rings (SSSR count). The quantitative estimate of drug-likeness (QED) is 0.877. The predicted molar refractivity (Wildman–Crippen MR) is 81.0 cm³/mol. The molecule has 1 aliphatic heterocycles. The Balaban J connectivity index is 2.15. The van der Waals surface area contributed by atoms with E-state index in [4.69, 9.17) is 16.3 Å². The van der Waals surface area contributed by atoms with Crippen LogP contribution in [0.15, 0.2) is 53.4 Å². The fourth-order valence-corrected chi connectivity index (χ4v) is 4.09. The summed E-state index contributed by atoms with van der Waals surface area (Å²) >= 11 is 6.13. The van der Waals surface area contributed by atoms with Gasteiger partial charge in [0.05, 0.1) is 11.1 Å². The van der Waals surface area contributed by atoms with Crippen molar-refractivity contribution in [3.8, 4) is 5.75 Å². The summed E-state index contributed by atoms with van der Waals surface area (Å²) in [6.45, 7) is 1.77. The highest BCUT2D eigenvalue weighted by molar-refractivity contribution is 7.89. The van der Waals surface area contributed by atoms with Gasteiger partial charge in [-0.1, -0.05) is 48.0 Å². The van der Waals surface area contributed by atoms with Gasteiger partial charge in [0.1, 0.15) is 11.0 Å². The number of nitrogens with one attached hydrogen (secondary N) is 1. The number of hydrogen-bond acceptors (Lipinski definition) is 3. The molecule has 0 aromatic heterocycles. The number of halogens is 1. The second kappa shape index (κ2) is 5.33. The molecule has 110 valence electrons. The summed E-state index contributed by atoms with van der Waals surface area (Å²) in [7, 11) is -3.65. The Labute approximate surface area is 128 Å². The van der Waals surface area contributed by atoms with Gasteiger partial charge in [-0.2, -0.15) is 0 Å². The number of sulfonamides is 1. The Morgan fingerprint density at radius 1 is 1.10 bits per heavy atom. The van der Waals surface area contributed by atoms with Gasteiger partial charge in [0.15, 0.2) is 5.75 Å². The Bertz CT molecular complexity index is 762. The minimum atomic E-state index is -3.65. The standard InChI is InChI=1S/C15H14ClNO3S/c1-10-14(11-6-3-2-4-7-11)20-15-12(16)8-5-9-13(15)21(18,19)17-10/h2-10,14,17H,1H3/t10-,14+/m1/s1. The van der Waals surface area contributed by atoms with Gasteiger partial charge in [-0.15, -0.1) is 0 Å². The molecule has 2 aromatic carbocycles. The molecule has 1 heterocycles. The van der Waals surface area contributed by atoms with Gasteiger partial charge in [-0.05, 0) is 24.6 Å². The Hall–Kier alpha value is -1.56. The molecule has 0 saturated carbocycles. The minimum Gasteiger partial charge on any atom is -0.481 e. The van der Waals surface area contributed by atoms with Crippen molar-refractivity contribution in [1.29, 1.82) is 0 Å². The summed E-state index contributed by atoms with van der Waals surface area (Å²) in [6.07, 6.45) is -0.442. The highest BCUT2D eigenvalue weighted by Crippen LogP contribution is 2.38. The van der Waals surface area contributed by atoms with Crippen molar-refractivity contribution in [2.45, 2.75) is 24.0 Å². The molecule has 0 aliphatic carbocycles. The summed E-state index contributed by atoms with van der Waals surface area (Å²) in [5.41, 5.74) is 0.889. The van der Waals surface area contributed by atoms with Crippen LogP contribution in [0.5, 0.6) is 5.75 Å². The van der Waals surface area contributed by atoms with E-state index < -0.39 is 22.2 Å². The largest absolute Gasteiger partial charge is 0.481 e. The maximum Gasteiger partial charge on any atom is 0.244 e. The third-order valence-electron chi connectivity index (χ3n) is 3.39. The number of ether oxygens (including phenoxy) is 1. The highest BCUT2D eigenvalue weighted by Gasteiger charge is 2.34. The van der Waals surface area contributed by atoms with Crippen molar-refractivity contribution in [2.75, 3.05) is 0 Å². The van der Waals surface area contributed by atoms with Crippen molar-refractivity contribution in [2.24, 2.45) is 0 Å². The molecule has 0 spiro atoms. The van der Waals surface area contributed by atoms with Crippen molar-refractivity contribution < 1.29 is 13.2 Å². The van der Waals surface area contributed by atoms with Crippen molar-refractivity contribution in [3.05, 3.63) is 59.1 Å². The topological polar surface area (TPSA) is 55.4 Å². The summed E-state index contributed by atoms with van der Waals surface area (Å²) in [4.78, 5) is 0.0697. The van der Waals surface area contributed by atoms with Gasteiger partial charge in [0.2, 0.25) is 10.0 Å². The lowest BCUT2D eigenvalue weighted by Gasteiger charge is -2.22. The molecule has 1 aliphatic rings. The van der Waals surface area contributed by atoms with Gasteiger partial charge < -0.3 is 4.74 Å². The Morgan fingerprint density at radius 2 is 1.81 bits per heavy atom. The van der Waals surface area contributed by atoms with E-state index in [2.05, 4.69) is 4.72 Å². The number of rotatable bonds is 1. The molecule has 0 amide bonds. The average Bonchev–Trinajstić information content (AvgIpc) is 2.55. The number of para-hydroxylation sites is 1. The van der Waals surface area contributed by atoms with E-state index in [1.807, 2.05) is 30.3 Å². The van der Waals surface area contributed by atoms with Crippen molar-refractivity contribution in [3.63, 3.8) is 0 Å². The number of benzene rings is 2. The molecular weight excluding hydrogens is 310 g/mol. The molecule has 0 saturated heterocycles. The van der Waals surface area contributed by atoms with E-state index in [1.165, 1.54) is 6.07 Å². The number of hydrogen-bond donors (Lipinski definition) is 1. The van der Waals surface area contributed by atoms with Crippen LogP contribution in [0.3, 0.4) is 0 Å². The van der Waals surface area contributed by atoms with Crippen LogP contribution in [-0.2, 0) is 10.0 Å². The first-order valence-electron chi connectivity index (χ1n) is 6.51. The molecule has 21 heavy (non-hydrogen) atoms. The second-order valence-corrected chi connectivity index (χ2v) is 7.02. The van der Waals surface area contributed by atoms with Gasteiger partial charge in [0, 0.05) is 0 Å². The van der Waals surface area contributed by atoms with Gasteiger partial charge >= 0.3 is 0 Å². The SMILES string of the molecule is C[C@H]1NS(=O)(=O)c2cccc(Cl)c2O[C@@H]1c1ccccc1. The molecule has 1 N–H and O–H groups in total. The summed E-state index contributed by atoms with van der Waals surface area (Å²) in [5, 5.41) is 0.285. The first-order valence-corrected chi connectivity index (χ1v) is 8.37. The Morgan fingerprint density at radius 3 is 2.52 bits per heavy atom. The van der Waals surface area contributed by atoms with E-state index in [9.17, 15) is 8.42 Å². The maximum atomic E-state index is 12.4. The monoisotopic (exact) mass is 323 g/mol. The molecule has 4 nitrogen and oxygen atoms in total. The zero-order valence-corrected chi connectivity index (χ0v) is 12.9. The van der Waals surface area contributed by atoms with Gasteiger partial charge in [-0.25, -0.2) is 13.1 Å². The van der Waals surface area contributed by atoms with E-state index in [-0.39, 0.29) is 15.7 Å². The first-order chi connectivity index (χ1) is 9.99. The van der Waals surface area contributed by atoms with Crippen LogP contribution in [0.2, 0.25) is 5.02 Å². The fraction of sp³-hybridized carbons (Fsp3) is 0.200. The van der Waals surface area contributed by atoms with E-state index in [1.54, 1.807) is 19.1 Å². The zero-order chi connectivity index (χ0) is 15.0. The van der Waals surface area contributed by atoms with Crippen LogP contribution in [-0.4, -0.2) is 14.5 Å². The second-order valence-electron chi connectivity index (χ2n) is 4.93. The van der Waals surface area contributed by atoms with E-state index in [0.717, 1.165) is 5.56 Å². The van der Waals surface area contributed by atoms with Crippen LogP contribution < -0.4 is 9.46 Å². The minimum absolute atomic E-state index is 0.0697. The van der Waals surface area contributed by atoms with Crippen LogP contribution in [0, 0.1) is 0 Å². The fourth-order valence-electron chi connectivity index (χ4n) is 2.41. The molecule has 2 aromatic rings. The molecule has 0 unspecified atom stereocenters. The van der Waals surface area contributed by atoms with Crippen molar-refractivity contribution >= 4 is 21.6 Å². The zero-order valence-electron chi connectivity index (χ0n) is 11.3. The van der Waals surface area contributed by atoms with E-state index >= 15 is 0 Å². The molecule has 0 bridgehead atoms. The summed E-state index contributed by atoms with van der Waals surface area (Å²) in [6, 6.07) is 13.8. The lowest BCUT2D eigenvalue weighted by atomic mass is 10.0. The normalized spacial score (nSPS) is 23.7. The van der Waals surface area contributed by atoms with Gasteiger partial charge in [0.25, 0.3) is 0 Å². The average molecular weight is 324 g/mol. The predicted octanol–water partition coefficient (Wildman–Crippen LogP) is 3.14. The number of fused-ring (bicyclic) bond motifs is 1. The highest BCUT2D eigenvalue weighted by atomic mass is 35.5. The third kappa shape index (κ3) is 2.64. The van der Waals surface area contributed by atoms with E-state index in [0.29, 0.717) is 0 Å². The molecule has 0 fully saturated rings. The third-order valence-corrected chi connectivity index (χ3v) is 5.27. The van der Waals surface area contributed by atoms with Crippen LogP contribution in [0.4, 0.5) is 0 Å². The maximum absolute atomic E-state index is 12.4. The summed E-state index contributed by atoms with van der Waals surface area (Å²) in [5.74, 6) is 0.199. The van der Waals surface area contributed by atoms with Crippen LogP contribution >= 0.6 is 11.6 Å². The van der Waals surface area contributed by atoms with Crippen molar-refractivity contribution in [1.82, 2.24) is 4.72 Å². The smallest absolute Gasteiger partial charge is 0.244 e. The lowest BCUT2D eigenvalue weighted by Crippen LogP contribution is -2.36. The molecule has 2 atom stereocenters. The van der Waals surface area contributed by atoms with Crippen LogP contribution in [0.1, 0.15) is 18.6 Å². The van der Waals surface area contributed by atoms with Gasteiger partial charge in [-0.3, -0.25) is 0 Å². The lowest BCUT2D eigenvalue weighted by molar-refractivity contribution is 0.174. The molecular formula is C15H14ClNO3S. The molecule has 0 radical (unpaired) electrons. The first kappa shape index (κ1) is 14.4. The Kier molecular flexibility index (Phi) is 3.65.